The molecular formula is C16H21BrN2O. The van der Waals surface area contributed by atoms with Gasteiger partial charge in [0, 0.05) is 30.0 Å². The second kappa shape index (κ2) is 5.86. The fourth-order valence-electron chi connectivity index (χ4n) is 3.43. The number of carbonyl (C=O) groups excluding carboxylic acids is 1. The van der Waals surface area contributed by atoms with Crippen molar-refractivity contribution in [3.05, 3.63) is 33.8 Å². The lowest BCUT2D eigenvalue weighted by Crippen LogP contribution is -2.38. The topological polar surface area (TPSA) is 46.3 Å². The third kappa shape index (κ3) is 2.77. The number of hydrogen-bond acceptors (Lipinski definition) is 2. The van der Waals surface area contributed by atoms with Crippen LogP contribution in [0.4, 0.5) is 0 Å². The van der Waals surface area contributed by atoms with E-state index in [-0.39, 0.29) is 11.9 Å². The van der Waals surface area contributed by atoms with Gasteiger partial charge >= 0.3 is 0 Å². The Morgan fingerprint density at radius 1 is 1.40 bits per heavy atom. The number of nitrogens with two attached hydrogens (primary N) is 1. The zero-order chi connectivity index (χ0) is 14.1. The fourth-order valence-corrected chi connectivity index (χ4v) is 3.96. The van der Waals surface area contributed by atoms with Gasteiger partial charge in [-0.25, -0.2) is 0 Å². The highest BCUT2D eigenvalue weighted by Gasteiger charge is 2.29. The summed E-state index contributed by atoms with van der Waals surface area (Å²) in [6.07, 6.45) is 4.94. The SMILES string of the molecule is N[C@@H]1CCC[C@H]1CC(=O)N1CCc2cccc(Br)c2C1. The van der Waals surface area contributed by atoms with Gasteiger partial charge in [0.25, 0.3) is 0 Å². The molecule has 3 rings (SSSR count). The van der Waals surface area contributed by atoms with E-state index < -0.39 is 0 Å². The highest BCUT2D eigenvalue weighted by atomic mass is 79.9. The van der Waals surface area contributed by atoms with E-state index in [0.717, 1.165) is 36.8 Å². The van der Waals surface area contributed by atoms with Crippen molar-refractivity contribution in [3.63, 3.8) is 0 Å². The van der Waals surface area contributed by atoms with E-state index in [1.807, 2.05) is 4.90 Å². The smallest absolute Gasteiger partial charge is 0.223 e. The van der Waals surface area contributed by atoms with Crippen molar-refractivity contribution < 1.29 is 4.79 Å². The number of benzene rings is 1. The average molecular weight is 337 g/mol. The molecule has 0 unspecified atom stereocenters. The summed E-state index contributed by atoms with van der Waals surface area (Å²) in [6, 6.07) is 6.51. The van der Waals surface area contributed by atoms with E-state index in [1.54, 1.807) is 0 Å². The van der Waals surface area contributed by atoms with Crippen LogP contribution in [0.5, 0.6) is 0 Å². The van der Waals surface area contributed by atoms with E-state index in [1.165, 1.54) is 17.5 Å². The van der Waals surface area contributed by atoms with Crippen LogP contribution < -0.4 is 5.73 Å². The van der Waals surface area contributed by atoms with Gasteiger partial charge in [-0.05, 0) is 42.4 Å². The summed E-state index contributed by atoms with van der Waals surface area (Å²) in [5.41, 5.74) is 8.71. The number of halogens is 1. The van der Waals surface area contributed by atoms with Gasteiger partial charge in [0.05, 0.1) is 0 Å². The fraction of sp³-hybridized carbons (Fsp3) is 0.562. The summed E-state index contributed by atoms with van der Waals surface area (Å²) in [6.45, 7) is 1.57. The molecule has 0 bridgehead atoms. The molecule has 2 aliphatic rings. The van der Waals surface area contributed by atoms with E-state index in [9.17, 15) is 4.79 Å². The third-order valence-corrected chi connectivity index (χ3v) is 5.47. The van der Waals surface area contributed by atoms with Gasteiger partial charge in [0.2, 0.25) is 5.91 Å². The molecule has 1 heterocycles. The maximum Gasteiger partial charge on any atom is 0.223 e. The maximum absolute atomic E-state index is 12.5. The number of nitrogens with zero attached hydrogens (tertiary/aromatic N) is 1. The summed E-state index contributed by atoms with van der Waals surface area (Å²) in [5.74, 6) is 0.664. The maximum atomic E-state index is 12.5. The van der Waals surface area contributed by atoms with Gasteiger partial charge in [-0.15, -0.1) is 0 Å². The number of rotatable bonds is 2. The molecule has 1 saturated carbocycles. The van der Waals surface area contributed by atoms with Crippen LogP contribution in [0.1, 0.15) is 36.8 Å². The monoisotopic (exact) mass is 336 g/mol. The molecule has 3 nitrogen and oxygen atoms in total. The summed E-state index contributed by atoms with van der Waals surface area (Å²) < 4.78 is 1.12. The second-order valence-electron chi connectivity index (χ2n) is 6.00. The van der Waals surface area contributed by atoms with Gasteiger partial charge in [0.15, 0.2) is 0 Å². The molecule has 1 aromatic carbocycles. The Bertz CT molecular complexity index is 517. The van der Waals surface area contributed by atoms with Crippen molar-refractivity contribution in [2.75, 3.05) is 6.54 Å². The molecule has 1 aliphatic heterocycles. The lowest BCUT2D eigenvalue weighted by molar-refractivity contribution is -0.133. The lowest BCUT2D eigenvalue weighted by Gasteiger charge is -2.31. The first kappa shape index (κ1) is 14.1. The molecule has 1 amide bonds. The first-order valence-corrected chi connectivity index (χ1v) is 8.24. The Kier molecular flexibility index (Phi) is 4.13. The Morgan fingerprint density at radius 2 is 2.25 bits per heavy atom. The molecule has 0 spiro atoms. The third-order valence-electron chi connectivity index (χ3n) is 4.72. The predicted octanol–water partition coefficient (Wildman–Crippen LogP) is 2.85. The number of hydrogen-bond donors (Lipinski definition) is 1. The first-order valence-electron chi connectivity index (χ1n) is 7.45. The molecule has 0 aromatic heterocycles. The normalized spacial score (nSPS) is 25.6. The zero-order valence-corrected chi connectivity index (χ0v) is 13.2. The van der Waals surface area contributed by atoms with Crippen molar-refractivity contribution in [2.45, 2.75) is 44.7 Å². The Labute approximate surface area is 128 Å². The summed E-state index contributed by atoms with van der Waals surface area (Å²) in [7, 11) is 0. The minimum absolute atomic E-state index is 0.225. The molecule has 2 N–H and O–H groups in total. The van der Waals surface area contributed by atoms with Crippen LogP contribution in [0.15, 0.2) is 22.7 Å². The van der Waals surface area contributed by atoms with Gasteiger partial charge in [-0.1, -0.05) is 34.5 Å². The minimum atomic E-state index is 0.225. The van der Waals surface area contributed by atoms with Crippen LogP contribution >= 0.6 is 15.9 Å². The van der Waals surface area contributed by atoms with Crippen molar-refractivity contribution in [1.82, 2.24) is 4.90 Å². The van der Waals surface area contributed by atoms with E-state index in [2.05, 4.69) is 34.1 Å². The van der Waals surface area contributed by atoms with Crippen molar-refractivity contribution in [2.24, 2.45) is 11.7 Å². The molecule has 108 valence electrons. The molecule has 0 radical (unpaired) electrons. The number of fused-ring (bicyclic) bond motifs is 1. The van der Waals surface area contributed by atoms with E-state index in [0.29, 0.717) is 12.3 Å². The molecule has 0 saturated heterocycles. The van der Waals surface area contributed by atoms with E-state index >= 15 is 0 Å². The molecule has 4 heteroatoms. The van der Waals surface area contributed by atoms with Crippen LogP contribution in [0.3, 0.4) is 0 Å². The van der Waals surface area contributed by atoms with Crippen LogP contribution in [-0.4, -0.2) is 23.4 Å². The van der Waals surface area contributed by atoms with E-state index in [4.69, 9.17) is 5.73 Å². The minimum Gasteiger partial charge on any atom is -0.338 e. The summed E-state index contributed by atoms with van der Waals surface area (Å²) >= 11 is 3.60. The molecule has 1 aliphatic carbocycles. The molecular weight excluding hydrogens is 316 g/mol. The second-order valence-corrected chi connectivity index (χ2v) is 6.86. The van der Waals surface area contributed by atoms with Gasteiger partial charge in [-0.3, -0.25) is 4.79 Å². The highest BCUT2D eigenvalue weighted by Crippen LogP contribution is 2.30. The Hall–Kier alpha value is -0.870. The molecule has 2 atom stereocenters. The Morgan fingerprint density at radius 3 is 3.00 bits per heavy atom. The van der Waals surface area contributed by atoms with Crippen molar-refractivity contribution >= 4 is 21.8 Å². The first-order chi connectivity index (χ1) is 9.65. The van der Waals surface area contributed by atoms with Crippen LogP contribution in [0.25, 0.3) is 0 Å². The Balaban J connectivity index is 1.67. The highest BCUT2D eigenvalue weighted by molar-refractivity contribution is 9.10. The predicted molar refractivity (Wildman–Crippen MR) is 83.2 cm³/mol. The van der Waals surface area contributed by atoms with Crippen molar-refractivity contribution in [3.8, 4) is 0 Å². The quantitative estimate of drug-likeness (QED) is 0.902. The number of carbonyl (C=O) groups is 1. The zero-order valence-electron chi connectivity index (χ0n) is 11.6. The molecule has 1 aromatic rings. The van der Waals surface area contributed by atoms with Gasteiger partial charge in [0.1, 0.15) is 0 Å². The standard InChI is InChI=1S/C16H21BrN2O/c17-14-5-1-3-11-7-8-19(10-13(11)14)16(20)9-12-4-2-6-15(12)18/h1,3,5,12,15H,2,4,6-10,18H2/t12-,15+/m0/s1. The number of amides is 1. The van der Waals surface area contributed by atoms with Crippen LogP contribution in [0, 0.1) is 5.92 Å². The summed E-state index contributed by atoms with van der Waals surface area (Å²) in [5, 5.41) is 0. The van der Waals surface area contributed by atoms with Crippen molar-refractivity contribution in [1.29, 1.82) is 0 Å². The van der Waals surface area contributed by atoms with Gasteiger partial charge < -0.3 is 10.6 Å². The summed E-state index contributed by atoms with van der Waals surface area (Å²) in [4.78, 5) is 14.5. The lowest BCUT2D eigenvalue weighted by atomic mass is 9.96. The van der Waals surface area contributed by atoms with Crippen LogP contribution in [-0.2, 0) is 17.8 Å². The molecule has 20 heavy (non-hydrogen) atoms. The van der Waals surface area contributed by atoms with Gasteiger partial charge in [-0.2, -0.15) is 0 Å². The largest absolute Gasteiger partial charge is 0.338 e. The molecule has 1 fully saturated rings. The average Bonchev–Trinajstić information content (AvgIpc) is 2.84. The van der Waals surface area contributed by atoms with Crippen LogP contribution in [0.2, 0.25) is 0 Å².